The molecule has 0 radical (unpaired) electrons. The third-order valence-electron chi connectivity index (χ3n) is 5.05. The van der Waals surface area contributed by atoms with Crippen LogP contribution in [-0.4, -0.2) is 25.0 Å². The van der Waals surface area contributed by atoms with Crippen LogP contribution in [0.2, 0.25) is 0 Å². The Morgan fingerprint density at radius 2 is 1.61 bits per heavy atom. The predicted octanol–water partition coefficient (Wildman–Crippen LogP) is 6.20. The second kappa shape index (κ2) is 11.6. The molecule has 0 amide bonds. The molecule has 9 heteroatoms. The van der Waals surface area contributed by atoms with Gasteiger partial charge >= 0.3 is 12.4 Å². The molecule has 0 fully saturated rings. The van der Waals surface area contributed by atoms with Gasteiger partial charge in [-0.15, -0.1) is 13.2 Å². The normalized spacial score (nSPS) is 15.7. The number of aryl methyl sites for hydroxylation is 1. The summed E-state index contributed by atoms with van der Waals surface area (Å²) in [5.74, 6) is 0.122. The van der Waals surface area contributed by atoms with Crippen molar-refractivity contribution in [3.63, 3.8) is 0 Å². The summed E-state index contributed by atoms with van der Waals surface area (Å²) < 4.78 is 51.9. The lowest BCUT2D eigenvalue weighted by Gasteiger charge is -2.17. The molecular weight excluding hydrogens is 437 g/mol. The molecule has 3 rings (SSSR count). The molecule has 178 valence electrons. The average molecular weight is 464 g/mol. The maximum Gasteiger partial charge on any atom is 0.573 e. The van der Waals surface area contributed by atoms with Crippen molar-refractivity contribution in [1.29, 1.82) is 0 Å². The first-order chi connectivity index (χ1) is 15.9. The van der Waals surface area contributed by atoms with Gasteiger partial charge < -0.3 is 14.2 Å². The Kier molecular flexibility index (Phi) is 8.57. The highest BCUT2D eigenvalue weighted by atomic mass is 19.4. The minimum Gasteiger partial charge on any atom is -0.416 e. The molecule has 0 bridgehead atoms. The van der Waals surface area contributed by atoms with Crippen molar-refractivity contribution in [2.45, 2.75) is 64.5 Å². The molecule has 0 spiro atoms. The fraction of sp³-hybridized carbons (Fsp3) is 0.417. The summed E-state index contributed by atoms with van der Waals surface area (Å²) in [6, 6.07) is 12.5. The van der Waals surface area contributed by atoms with E-state index in [2.05, 4.69) is 16.8 Å². The minimum atomic E-state index is -4.78. The number of rotatable bonds is 11. The largest absolute Gasteiger partial charge is 0.573 e. The van der Waals surface area contributed by atoms with Crippen molar-refractivity contribution in [3.8, 4) is 11.5 Å². The van der Waals surface area contributed by atoms with E-state index in [0.29, 0.717) is 17.7 Å². The van der Waals surface area contributed by atoms with E-state index in [4.69, 9.17) is 9.47 Å². The zero-order valence-corrected chi connectivity index (χ0v) is 18.4. The van der Waals surface area contributed by atoms with Crippen LogP contribution in [0.3, 0.4) is 0 Å². The van der Waals surface area contributed by atoms with E-state index in [0.717, 1.165) is 25.0 Å². The number of halogens is 3. The molecule has 33 heavy (non-hydrogen) atoms. The standard InChI is InChI=1S/C24H27F3N2O4/c1-2-3-4-5-6-7-8-18-9-13-20(14-10-18)31-23-28-29(22(17-30)32-23)19-11-15-21(16-12-19)33-24(25,26)27/h9-17,22H,2-8H2,1H3. The number of carbonyl (C=O) groups is 1. The Morgan fingerprint density at radius 3 is 2.24 bits per heavy atom. The highest BCUT2D eigenvalue weighted by molar-refractivity contribution is 5.80. The quantitative estimate of drug-likeness (QED) is 0.293. The Hall–Kier alpha value is -3.23. The number of carbonyl (C=O) groups excluding carboxylic acids is 1. The average Bonchev–Trinajstić information content (AvgIpc) is 3.19. The summed E-state index contributed by atoms with van der Waals surface area (Å²) in [5, 5.41) is 5.34. The van der Waals surface area contributed by atoms with Gasteiger partial charge in [-0.3, -0.25) is 4.79 Å². The first-order valence-corrected chi connectivity index (χ1v) is 11.0. The molecule has 1 heterocycles. The molecule has 6 nitrogen and oxygen atoms in total. The van der Waals surface area contributed by atoms with E-state index >= 15 is 0 Å². The van der Waals surface area contributed by atoms with Crippen LogP contribution < -0.4 is 14.5 Å². The molecule has 0 aliphatic carbocycles. The third kappa shape index (κ3) is 7.69. The zero-order chi connectivity index (χ0) is 23.7. The summed E-state index contributed by atoms with van der Waals surface area (Å²) in [6.07, 6.45) is 2.94. The first kappa shape index (κ1) is 24.4. The van der Waals surface area contributed by atoms with Gasteiger partial charge in [0.05, 0.1) is 5.69 Å². The van der Waals surface area contributed by atoms with Crippen molar-refractivity contribution in [2.24, 2.45) is 5.10 Å². The molecule has 1 aliphatic rings. The number of aldehydes is 1. The van der Waals surface area contributed by atoms with Gasteiger partial charge in [-0.25, -0.2) is 5.01 Å². The van der Waals surface area contributed by atoms with Gasteiger partial charge in [-0.05, 0) is 54.8 Å². The van der Waals surface area contributed by atoms with E-state index in [1.165, 1.54) is 54.8 Å². The van der Waals surface area contributed by atoms with Crippen molar-refractivity contribution in [2.75, 3.05) is 5.01 Å². The van der Waals surface area contributed by atoms with Crippen LogP contribution in [0, 0.1) is 0 Å². The third-order valence-corrected chi connectivity index (χ3v) is 5.05. The van der Waals surface area contributed by atoms with Crippen LogP contribution in [0.5, 0.6) is 11.5 Å². The highest BCUT2D eigenvalue weighted by Crippen LogP contribution is 2.28. The highest BCUT2D eigenvalue weighted by Gasteiger charge is 2.32. The van der Waals surface area contributed by atoms with E-state index in [1.807, 2.05) is 12.1 Å². The zero-order valence-electron chi connectivity index (χ0n) is 18.4. The van der Waals surface area contributed by atoms with Crippen molar-refractivity contribution >= 4 is 18.1 Å². The Balaban J connectivity index is 1.55. The number of nitrogens with zero attached hydrogens (tertiary/aromatic N) is 2. The summed E-state index contributed by atoms with van der Waals surface area (Å²) in [4.78, 5) is 11.4. The lowest BCUT2D eigenvalue weighted by molar-refractivity contribution is -0.274. The fourth-order valence-electron chi connectivity index (χ4n) is 3.39. The molecule has 0 N–H and O–H groups in total. The van der Waals surface area contributed by atoms with Gasteiger partial charge in [0.15, 0.2) is 6.29 Å². The van der Waals surface area contributed by atoms with Crippen molar-refractivity contribution in [3.05, 3.63) is 54.1 Å². The lowest BCUT2D eigenvalue weighted by atomic mass is 10.1. The van der Waals surface area contributed by atoms with Crippen LogP contribution in [0.1, 0.15) is 51.0 Å². The SMILES string of the molecule is CCCCCCCCc1ccc(OC2=NN(c3ccc(OC(F)(F)F)cc3)C(C=O)O2)cc1. The number of alkyl halides is 3. The first-order valence-electron chi connectivity index (χ1n) is 11.0. The Labute approximate surface area is 190 Å². The number of anilines is 1. The topological polar surface area (TPSA) is 60.4 Å². The Bertz CT molecular complexity index is 915. The summed E-state index contributed by atoms with van der Waals surface area (Å²) in [7, 11) is 0. The molecule has 1 atom stereocenters. The Morgan fingerprint density at radius 1 is 0.970 bits per heavy atom. The fourth-order valence-corrected chi connectivity index (χ4v) is 3.39. The van der Waals surface area contributed by atoms with E-state index in [-0.39, 0.29) is 11.8 Å². The van der Waals surface area contributed by atoms with Crippen LogP contribution in [0.4, 0.5) is 18.9 Å². The number of hydrazone groups is 1. The molecule has 0 saturated heterocycles. The van der Waals surface area contributed by atoms with Gasteiger partial charge in [-0.2, -0.15) is 0 Å². The smallest absolute Gasteiger partial charge is 0.416 e. The van der Waals surface area contributed by atoms with Gasteiger partial charge in [-0.1, -0.05) is 56.3 Å². The predicted molar refractivity (Wildman–Crippen MR) is 118 cm³/mol. The van der Waals surface area contributed by atoms with Gasteiger partial charge in [0.1, 0.15) is 11.5 Å². The molecule has 2 aromatic rings. The molecular formula is C24H27F3N2O4. The van der Waals surface area contributed by atoms with E-state index in [1.54, 1.807) is 12.1 Å². The van der Waals surface area contributed by atoms with E-state index in [9.17, 15) is 18.0 Å². The molecule has 0 saturated carbocycles. The number of hydrogen-bond donors (Lipinski definition) is 0. The summed E-state index contributed by atoms with van der Waals surface area (Å²) in [6.45, 7) is 2.21. The number of benzene rings is 2. The second-order valence-electron chi connectivity index (χ2n) is 7.66. The van der Waals surface area contributed by atoms with Crippen LogP contribution in [0.25, 0.3) is 0 Å². The van der Waals surface area contributed by atoms with Crippen LogP contribution >= 0.6 is 0 Å². The molecule has 0 aromatic heterocycles. The molecule has 2 aromatic carbocycles. The maximum atomic E-state index is 12.3. The minimum absolute atomic E-state index is 0.133. The number of unbranched alkanes of at least 4 members (excludes halogenated alkanes) is 5. The monoisotopic (exact) mass is 464 g/mol. The van der Waals surface area contributed by atoms with Gasteiger partial charge in [0.25, 0.3) is 6.23 Å². The van der Waals surface area contributed by atoms with Gasteiger partial charge in [0, 0.05) is 0 Å². The molecule has 1 unspecified atom stereocenters. The second-order valence-corrected chi connectivity index (χ2v) is 7.66. The van der Waals surface area contributed by atoms with E-state index < -0.39 is 12.6 Å². The maximum absolute atomic E-state index is 12.3. The number of ether oxygens (including phenoxy) is 3. The summed E-state index contributed by atoms with van der Waals surface area (Å²) >= 11 is 0. The summed E-state index contributed by atoms with van der Waals surface area (Å²) in [5.41, 5.74) is 1.55. The van der Waals surface area contributed by atoms with Crippen molar-refractivity contribution in [1.82, 2.24) is 0 Å². The van der Waals surface area contributed by atoms with Gasteiger partial charge in [0.2, 0.25) is 0 Å². The lowest BCUT2D eigenvalue weighted by Crippen LogP contribution is -2.29. The molecule has 1 aliphatic heterocycles. The van der Waals surface area contributed by atoms with Crippen molar-refractivity contribution < 1.29 is 32.2 Å². The number of hydrogen-bond acceptors (Lipinski definition) is 6. The van der Waals surface area contributed by atoms with Crippen LogP contribution in [-0.2, 0) is 16.0 Å². The van der Waals surface area contributed by atoms with Crippen LogP contribution in [0.15, 0.2) is 53.6 Å².